The molecule has 0 spiro atoms. The number of carbonyl (C=O) groups is 2. The highest BCUT2D eigenvalue weighted by Crippen LogP contribution is 2.21. The van der Waals surface area contributed by atoms with Crippen LogP contribution in [0.25, 0.3) is 0 Å². The van der Waals surface area contributed by atoms with E-state index in [0.717, 1.165) is 10.4 Å². The van der Waals surface area contributed by atoms with Gasteiger partial charge in [-0.05, 0) is 54.5 Å². The molecule has 0 radical (unpaired) electrons. The number of piperidine rings is 1. The van der Waals surface area contributed by atoms with E-state index >= 15 is 0 Å². The van der Waals surface area contributed by atoms with Gasteiger partial charge in [0.1, 0.15) is 0 Å². The molecule has 0 unspecified atom stereocenters. The van der Waals surface area contributed by atoms with Crippen molar-refractivity contribution < 1.29 is 9.59 Å². The second-order valence-electron chi connectivity index (χ2n) is 6.36. The molecule has 1 fully saturated rings. The Morgan fingerprint density at radius 1 is 1.15 bits per heavy atom. The number of hydrogen-bond acceptors (Lipinski definition) is 3. The third-order valence-electron chi connectivity index (χ3n) is 4.52. The van der Waals surface area contributed by atoms with Gasteiger partial charge in [-0.3, -0.25) is 9.59 Å². The van der Waals surface area contributed by atoms with Crippen molar-refractivity contribution in [3.8, 4) is 0 Å². The Labute approximate surface area is 167 Å². The Kier molecular flexibility index (Phi) is 6.57. The van der Waals surface area contributed by atoms with Crippen LogP contribution in [0.3, 0.4) is 0 Å². The largest absolute Gasteiger partial charge is 0.356 e. The Hall–Kier alpha value is -1.56. The predicted octanol–water partition coefficient (Wildman–Crippen LogP) is 4.27. The Balaban J connectivity index is 1.43. The molecule has 2 aromatic rings. The van der Waals surface area contributed by atoms with Crippen molar-refractivity contribution in [1.82, 2.24) is 10.2 Å². The number of amides is 2. The fraction of sp³-hybridized carbons (Fsp3) is 0.368. The average Bonchev–Trinajstić information content (AvgIpc) is 3.15. The Morgan fingerprint density at radius 3 is 2.46 bits per heavy atom. The second kappa shape index (κ2) is 8.89. The highest BCUT2D eigenvalue weighted by atomic mass is 35.5. The molecule has 0 aliphatic carbocycles. The number of thiophene rings is 1. The minimum atomic E-state index is -0.0367. The van der Waals surface area contributed by atoms with Gasteiger partial charge in [-0.1, -0.05) is 29.3 Å². The zero-order valence-corrected chi connectivity index (χ0v) is 16.5. The summed E-state index contributed by atoms with van der Waals surface area (Å²) in [5.41, 5.74) is 0.999. The fourth-order valence-corrected chi connectivity index (χ4v) is 4.39. The molecule has 2 heterocycles. The van der Waals surface area contributed by atoms with Crippen molar-refractivity contribution in [3.05, 3.63) is 56.2 Å². The number of likely N-dealkylation sites (tertiary alicyclic amines) is 1. The van der Waals surface area contributed by atoms with Crippen LogP contribution in [0.5, 0.6) is 0 Å². The maximum absolute atomic E-state index is 12.4. The average molecular weight is 411 g/mol. The first-order valence-electron chi connectivity index (χ1n) is 8.58. The van der Waals surface area contributed by atoms with Crippen LogP contribution in [0, 0.1) is 5.92 Å². The van der Waals surface area contributed by atoms with Gasteiger partial charge >= 0.3 is 0 Å². The van der Waals surface area contributed by atoms with E-state index < -0.39 is 0 Å². The number of benzene rings is 1. The second-order valence-corrected chi connectivity index (χ2v) is 8.18. The van der Waals surface area contributed by atoms with Gasteiger partial charge in [0, 0.05) is 35.6 Å². The number of hydrogen-bond donors (Lipinski definition) is 1. The maximum Gasteiger partial charge on any atom is 0.263 e. The minimum absolute atomic E-state index is 0.0367. The van der Waals surface area contributed by atoms with Crippen molar-refractivity contribution in [1.29, 1.82) is 0 Å². The monoisotopic (exact) mass is 410 g/mol. The molecule has 0 bridgehead atoms. The van der Waals surface area contributed by atoms with Crippen molar-refractivity contribution in [3.63, 3.8) is 0 Å². The summed E-state index contributed by atoms with van der Waals surface area (Å²) in [4.78, 5) is 27.3. The summed E-state index contributed by atoms with van der Waals surface area (Å²) in [6.45, 7) is 1.79. The van der Waals surface area contributed by atoms with Crippen LogP contribution in [-0.4, -0.2) is 36.3 Å². The third-order valence-corrected chi connectivity index (χ3v) is 5.81. The van der Waals surface area contributed by atoms with Gasteiger partial charge < -0.3 is 10.2 Å². The molecule has 1 saturated heterocycles. The summed E-state index contributed by atoms with van der Waals surface area (Å²) in [6.07, 6.45) is 2.08. The van der Waals surface area contributed by atoms with Crippen LogP contribution in [0.4, 0.5) is 0 Å². The molecule has 4 nitrogen and oxygen atoms in total. The summed E-state index contributed by atoms with van der Waals surface area (Å²) >= 11 is 13.4. The lowest BCUT2D eigenvalue weighted by molar-refractivity contribution is -0.126. The molecular formula is C19H20Cl2N2O2S. The normalized spacial score (nSPS) is 15.1. The molecule has 0 atom stereocenters. The van der Waals surface area contributed by atoms with Gasteiger partial charge in [0.15, 0.2) is 0 Å². The smallest absolute Gasteiger partial charge is 0.263 e. The number of rotatable bonds is 5. The lowest BCUT2D eigenvalue weighted by atomic mass is 9.95. The fourth-order valence-electron chi connectivity index (χ4n) is 3.13. The summed E-state index contributed by atoms with van der Waals surface area (Å²) in [7, 11) is 0. The summed E-state index contributed by atoms with van der Waals surface area (Å²) in [5, 5.41) is 6.09. The zero-order valence-electron chi connectivity index (χ0n) is 14.2. The molecular weight excluding hydrogens is 391 g/mol. The molecule has 138 valence electrons. The van der Waals surface area contributed by atoms with Gasteiger partial charge in [0.05, 0.1) is 4.88 Å². The van der Waals surface area contributed by atoms with Crippen molar-refractivity contribution in [2.75, 3.05) is 19.6 Å². The minimum Gasteiger partial charge on any atom is -0.356 e. The zero-order chi connectivity index (χ0) is 18.5. The first-order chi connectivity index (χ1) is 12.5. The van der Waals surface area contributed by atoms with E-state index in [-0.39, 0.29) is 17.7 Å². The van der Waals surface area contributed by atoms with E-state index in [2.05, 4.69) is 5.32 Å². The molecule has 1 aliphatic heterocycles. The number of nitrogens with one attached hydrogen (secondary N) is 1. The SMILES string of the molecule is O=C(NCCc1cc(Cl)cc(Cl)c1)C1CCN(C(=O)c2cccs2)CC1. The summed E-state index contributed by atoms with van der Waals surface area (Å²) in [5.74, 6) is 0.0865. The lowest BCUT2D eigenvalue weighted by Crippen LogP contribution is -2.43. The van der Waals surface area contributed by atoms with E-state index in [9.17, 15) is 9.59 Å². The maximum atomic E-state index is 12.4. The molecule has 0 saturated carbocycles. The molecule has 1 aromatic heterocycles. The van der Waals surface area contributed by atoms with E-state index in [1.807, 2.05) is 34.5 Å². The molecule has 7 heteroatoms. The molecule has 1 aliphatic rings. The molecule has 1 N–H and O–H groups in total. The van der Waals surface area contributed by atoms with E-state index in [4.69, 9.17) is 23.2 Å². The quantitative estimate of drug-likeness (QED) is 0.799. The van der Waals surface area contributed by atoms with Crippen LogP contribution in [0.1, 0.15) is 28.1 Å². The number of halogens is 2. The van der Waals surface area contributed by atoms with E-state index in [0.29, 0.717) is 48.9 Å². The van der Waals surface area contributed by atoms with Crippen LogP contribution in [-0.2, 0) is 11.2 Å². The van der Waals surface area contributed by atoms with Crippen LogP contribution >= 0.6 is 34.5 Å². The Morgan fingerprint density at radius 2 is 1.85 bits per heavy atom. The highest BCUT2D eigenvalue weighted by molar-refractivity contribution is 7.12. The van der Waals surface area contributed by atoms with Crippen molar-refractivity contribution in [2.45, 2.75) is 19.3 Å². The van der Waals surface area contributed by atoms with Crippen LogP contribution < -0.4 is 5.32 Å². The van der Waals surface area contributed by atoms with E-state index in [1.165, 1.54) is 11.3 Å². The van der Waals surface area contributed by atoms with E-state index in [1.54, 1.807) is 6.07 Å². The van der Waals surface area contributed by atoms with Gasteiger partial charge in [-0.2, -0.15) is 0 Å². The molecule has 1 aromatic carbocycles. The van der Waals surface area contributed by atoms with Gasteiger partial charge in [0.25, 0.3) is 5.91 Å². The van der Waals surface area contributed by atoms with Gasteiger partial charge in [0.2, 0.25) is 5.91 Å². The molecule has 2 amide bonds. The molecule has 26 heavy (non-hydrogen) atoms. The number of carbonyl (C=O) groups excluding carboxylic acids is 2. The topological polar surface area (TPSA) is 49.4 Å². The summed E-state index contributed by atoms with van der Waals surface area (Å²) in [6, 6.07) is 9.12. The summed E-state index contributed by atoms with van der Waals surface area (Å²) < 4.78 is 0. The van der Waals surface area contributed by atoms with Gasteiger partial charge in [-0.15, -0.1) is 11.3 Å². The highest BCUT2D eigenvalue weighted by Gasteiger charge is 2.27. The van der Waals surface area contributed by atoms with Gasteiger partial charge in [-0.25, -0.2) is 0 Å². The molecule has 3 rings (SSSR count). The predicted molar refractivity (Wildman–Crippen MR) is 106 cm³/mol. The van der Waals surface area contributed by atoms with Crippen LogP contribution in [0.2, 0.25) is 10.0 Å². The van der Waals surface area contributed by atoms with Crippen molar-refractivity contribution in [2.24, 2.45) is 5.92 Å². The number of nitrogens with zero attached hydrogens (tertiary/aromatic N) is 1. The first kappa shape index (κ1) is 19.2. The van der Waals surface area contributed by atoms with Crippen molar-refractivity contribution >= 4 is 46.4 Å². The van der Waals surface area contributed by atoms with Crippen LogP contribution in [0.15, 0.2) is 35.7 Å². The first-order valence-corrected chi connectivity index (χ1v) is 10.2. The third kappa shape index (κ3) is 5.00. The lowest BCUT2D eigenvalue weighted by Gasteiger charge is -2.31. The Bertz CT molecular complexity index is 752. The standard InChI is InChI=1S/C19H20Cl2N2O2S/c20-15-10-13(11-16(21)12-15)3-6-22-18(24)14-4-7-23(8-5-14)19(25)17-2-1-9-26-17/h1-2,9-12,14H,3-8H2,(H,22,24).